The van der Waals surface area contributed by atoms with E-state index in [1.54, 1.807) is 36.4 Å². The molecule has 2 N–H and O–H groups in total. The molecule has 0 radical (unpaired) electrons. The van der Waals surface area contributed by atoms with E-state index < -0.39 is 0 Å². The SMILES string of the molecule is O=C(Nc1ccccc1C(=O)N1CCC(c2ccc(O)cc2)CC1)c1ccccc1. The lowest BCUT2D eigenvalue weighted by Crippen LogP contribution is -2.38. The number of phenols is 1. The molecule has 3 aromatic rings. The number of aromatic hydroxyl groups is 1. The second kappa shape index (κ2) is 8.82. The van der Waals surface area contributed by atoms with E-state index in [1.165, 1.54) is 5.56 Å². The zero-order valence-corrected chi connectivity index (χ0v) is 16.6. The van der Waals surface area contributed by atoms with Crippen molar-refractivity contribution in [3.05, 3.63) is 95.6 Å². The van der Waals surface area contributed by atoms with Crippen molar-refractivity contribution in [1.29, 1.82) is 0 Å². The highest BCUT2D eigenvalue weighted by molar-refractivity contribution is 6.09. The molecule has 2 amide bonds. The van der Waals surface area contributed by atoms with Crippen LogP contribution in [0.1, 0.15) is 45.0 Å². The molecule has 0 saturated carbocycles. The summed E-state index contributed by atoms with van der Waals surface area (Å²) < 4.78 is 0. The molecule has 0 spiro atoms. The van der Waals surface area contributed by atoms with Gasteiger partial charge in [-0.3, -0.25) is 9.59 Å². The van der Waals surface area contributed by atoms with Crippen molar-refractivity contribution < 1.29 is 14.7 Å². The molecule has 1 aliphatic heterocycles. The third-order valence-electron chi connectivity index (χ3n) is 5.59. The normalized spacial score (nSPS) is 14.3. The average molecular weight is 400 g/mol. The smallest absolute Gasteiger partial charge is 0.255 e. The number of para-hydroxylation sites is 1. The Morgan fingerprint density at radius 2 is 1.47 bits per heavy atom. The lowest BCUT2D eigenvalue weighted by molar-refractivity contribution is 0.0714. The molecule has 5 nitrogen and oxygen atoms in total. The van der Waals surface area contributed by atoms with Crippen LogP contribution in [-0.4, -0.2) is 34.9 Å². The minimum absolute atomic E-state index is 0.0666. The van der Waals surface area contributed by atoms with Crippen LogP contribution in [0.25, 0.3) is 0 Å². The van der Waals surface area contributed by atoms with Crippen molar-refractivity contribution in [2.24, 2.45) is 0 Å². The van der Waals surface area contributed by atoms with Gasteiger partial charge in [-0.05, 0) is 60.7 Å². The minimum atomic E-state index is -0.234. The lowest BCUT2D eigenvalue weighted by Gasteiger charge is -2.32. The van der Waals surface area contributed by atoms with Gasteiger partial charge in [0, 0.05) is 18.7 Å². The highest BCUT2D eigenvalue weighted by Crippen LogP contribution is 2.30. The van der Waals surface area contributed by atoms with Crippen molar-refractivity contribution in [2.75, 3.05) is 18.4 Å². The van der Waals surface area contributed by atoms with Gasteiger partial charge in [0.15, 0.2) is 0 Å². The number of hydrogen-bond acceptors (Lipinski definition) is 3. The fraction of sp³-hybridized carbons (Fsp3) is 0.200. The van der Waals surface area contributed by atoms with E-state index in [-0.39, 0.29) is 17.6 Å². The first-order chi connectivity index (χ1) is 14.6. The lowest BCUT2D eigenvalue weighted by atomic mass is 9.89. The molecule has 1 aliphatic rings. The molecule has 0 aromatic heterocycles. The maximum atomic E-state index is 13.2. The van der Waals surface area contributed by atoms with Gasteiger partial charge in [0.25, 0.3) is 11.8 Å². The largest absolute Gasteiger partial charge is 0.508 e. The third kappa shape index (κ3) is 4.35. The van der Waals surface area contributed by atoms with Gasteiger partial charge in [0.2, 0.25) is 0 Å². The number of anilines is 1. The summed E-state index contributed by atoms with van der Waals surface area (Å²) in [6.45, 7) is 1.32. The predicted molar refractivity (Wildman–Crippen MR) is 117 cm³/mol. The number of hydrogen-bond donors (Lipinski definition) is 2. The predicted octanol–water partition coefficient (Wildman–Crippen LogP) is 4.66. The second-order valence-corrected chi connectivity index (χ2v) is 7.52. The molecule has 0 atom stereocenters. The highest BCUT2D eigenvalue weighted by atomic mass is 16.3. The van der Waals surface area contributed by atoms with E-state index in [2.05, 4.69) is 5.32 Å². The van der Waals surface area contributed by atoms with E-state index in [0.29, 0.717) is 35.8 Å². The van der Waals surface area contributed by atoms with E-state index in [0.717, 1.165) is 12.8 Å². The summed E-state index contributed by atoms with van der Waals surface area (Å²) in [6, 6.07) is 23.4. The summed E-state index contributed by atoms with van der Waals surface area (Å²) in [5, 5.41) is 12.4. The van der Waals surface area contributed by atoms with Crippen molar-refractivity contribution in [3.8, 4) is 5.75 Å². The number of phenolic OH excluding ortho intramolecular Hbond substituents is 1. The number of carbonyl (C=O) groups excluding carboxylic acids is 2. The molecule has 5 heteroatoms. The van der Waals surface area contributed by atoms with Crippen LogP contribution in [0.15, 0.2) is 78.9 Å². The molecule has 30 heavy (non-hydrogen) atoms. The third-order valence-corrected chi connectivity index (χ3v) is 5.59. The first kappa shape index (κ1) is 19.7. The first-order valence-corrected chi connectivity index (χ1v) is 10.2. The zero-order chi connectivity index (χ0) is 20.9. The first-order valence-electron chi connectivity index (χ1n) is 10.2. The average Bonchev–Trinajstić information content (AvgIpc) is 2.80. The van der Waals surface area contributed by atoms with Gasteiger partial charge in [-0.25, -0.2) is 0 Å². The number of rotatable bonds is 4. The fourth-order valence-electron chi connectivity index (χ4n) is 3.90. The number of carbonyl (C=O) groups is 2. The van der Waals surface area contributed by atoms with E-state index in [9.17, 15) is 14.7 Å². The van der Waals surface area contributed by atoms with Gasteiger partial charge in [0.1, 0.15) is 5.75 Å². The second-order valence-electron chi connectivity index (χ2n) is 7.52. The Labute approximate surface area is 176 Å². The van der Waals surface area contributed by atoms with Crippen LogP contribution in [0.2, 0.25) is 0 Å². The van der Waals surface area contributed by atoms with Gasteiger partial charge < -0.3 is 15.3 Å². The Morgan fingerprint density at radius 3 is 2.17 bits per heavy atom. The molecule has 1 heterocycles. The van der Waals surface area contributed by atoms with Crippen LogP contribution < -0.4 is 5.32 Å². The fourth-order valence-corrected chi connectivity index (χ4v) is 3.90. The van der Waals surface area contributed by atoms with Gasteiger partial charge in [-0.15, -0.1) is 0 Å². The van der Waals surface area contributed by atoms with E-state index >= 15 is 0 Å². The molecule has 0 aliphatic carbocycles. The zero-order valence-electron chi connectivity index (χ0n) is 16.6. The summed E-state index contributed by atoms with van der Waals surface area (Å²) in [6.07, 6.45) is 1.74. The molecular formula is C25H24N2O3. The van der Waals surface area contributed by atoms with Crippen LogP contribution in [-0.2, 0) is 0 Å². The number of amides is 2. The number of nitrogens with zero attached hydrogens (tertiary/aromatic N) is 1. The van der Waals surface area contributed by atoms with Gasteiger partial charge in [-0.1, -0.05) is 42.5 Å². The number of nitrogens with one attached hydrogen (secondary N) is 1. The minimum Gasteiger partial charge on any atom is -0.508 e. The van der Waals surface area contributed by atoms with Gasteiger partial charge in [-0.2, -0.15) is 0 Å². The number of piperidine rings is 1. The summed E-state index contributed by atoms with van der Waals surface area (Å²) in [7, 11) is 0. The molecule has 3 aromatic carbocycles. The Hall–Kier alpha value is -3.60. The molecular weight excluding hydrogens is 376 g/mol. The molecule has 152 valence electrons. The van der Waals surface area contributed by atoms with Crippen molar-refractivity contribution >= 4 is 17.5 Å². The van der Waals surface area contributed by atoms with Crippen molar-refractivity contribution in [2.45, 2.75) is 18.8 Å². The Morgan fingerprint density at radius 1 is 0.833 bits per heavy atom. The molecule has 0 unspecified atom stereocenters. The summed E-state index contributed by atoms with van der Waals surface area (Å²) in [5.41, 5.74) is 2.77. The highest BCUT2D eigenvalue weighted by Gasteiger charge is 2.26. The molecule has 1 fully saturated rings. The van der Waals surface area contributed by atoms with Crippen LogP contribution in [0.5, 0.6) is 5.75 Å². The Balaban J connectivity index is 1.44. The quantitative estimate of drug-likeness (QED) is 0.669. The molecule has 0 bridgehead atoms. The van der Waals surface area contributed by atoms with E-state index in [4.69, 9.17) is 0 Å². The monoisotopic (exact) mass is 400 g/mol. The molecule has 1 saturated heterocycles. The standard InChI is InChI=1S/C25H24N2O3/c28-21-12-10-18(11-13-21)19-14-16-27(17-15-19)25(30)22-8-4-5-9-23(22)26-24(29)20-6-2-1-3-7-20/h1-13,19,28H,14-17H2,(H,26,29). The number of likely N-dealkylation sites (tertiary alicyclic amines) is 1. The van der Waals surface area contributed by atoms with E-state index in [1.807, 2.05) is 47.4 Å². The maximum Gasteiger partial charge on any atom is 0.255 e. The summed E-state index contributed by atoms with van der Waals surface area (Å²) in [4.78, 5) is 27.6. The summed E-state index contributed by atoms with van der Waals surface area (Å²) in [5.74, 6) is 0.341. The van der Waals surface area contributed by atoms with Gasteiger partial charge >= 0.3 is 0 Å². The summed E-state index contributed by atoms with van der Waals surface area (Å²) >= 11 is 0. The van der Waals surface area contributed by atoms with Crippen LogP contribution >= 0.6 is 0 Å². The van der Waals surface area contributed by atoms with Crippen LogP contribution in [0.3, 0.4) is 0 Å². The topological polar surface area (TPSA) is 69.6 Å². The Bertz CT molecular complexity index is 1020. The van der Waals surface area contributed by atoms with Crippen molar-refractivity contribution in [1.82, 2.24) is 4.90 Å². The van der Waals surface area contributed by atoms with Crippen LogP contribution in [0.4, 0.5) is 5.69 Å². The van der Waals surface area contributed by atoms with Crippen molar-refractivity contribution in [3.63, 3.8) is 0 Å². The van der Waals surface area contributed by atoms with Crippen LogP contribution in [0, 0.1) is 0 Å². The maximum absolute atomic E-state index is 13.2. The number of benzene rings is 3. The van der Waals surface area contributed by atoms with Gasteiger partial charge in [0.05, 0.1) is 11.3 Å². The Kier molecular flexibility index (Phi) is 5.80. The molecule has 4 rings (SSSR count).